The van der Waals surface area contributed by atoms with Gasteiger partial charge in [-0.1, -0.05) is 41.9 Å². The molecule has 1 aliphatic heterocycles. The minimum Gasteiger partial charge on any atom is -0.324 e. The summed E-state index contributed by atoms with van der Waals surface area (Å²) in [4.78, 5) is 28.2. The number of para-hydroxylation sites is 1. The van der Waals surface area contributed by atoms with Gasteiger partial charge in [0.25, 0.3) is 0 Å². The van der Waals surface area contributed by atoms with Crippen LogP contribution in [-0.2, 0) is 16.0 Å². The van der Waals surface area contributed by atoms with Crippen LogP contribution in [0.4, 0.5) is 5.69 Å². The summed E-state index contributed by atoms with van der Waals surface area (Å²) in [5.41, 5.74) is 1.70. The summed E-state index contributed by atoms with van der Waals surface area (Å²) in [5, 5.41) is 0.647. The lowest BCUT2D eigenvalue weighted by molar-refractivity contribution is -0.128. The summed E-state index contributed by atoms with van der Waals surface area (Å²) in [6.45, 7) is 1.01. The van der Waals surface area contributed by atoms with Crippen molar-refractivity contribution in [3.05, 3.63) is 65.2 Å². The first-order valence-electron chi connectivity index (χ1n) is 8.01. The molecule has 0 bridgehead atoms. The standard InChI is InChI=1S/C19H19ClN2O2/c20-16-10-8-15(9-11-16)13-19(24)22(17-5-2-1-3-6-17)14-21-12-4-7-18(21)23/h1-3,5-6,8-11H,4,7,12-14H2. The molecule has 2 aromatic rings. The molecule has 1 heterocycles. The molecular weight excluding hydrogens is 324 g/mol. The quantitative estimate of drug-likeness (QED) is 0.834. The molecule has 5 heteroatoms. The van der Waals surface area contributed by atoms with Gasteiger partial charge in [-0.3, -0.25) is 14.5 Å². The van der Waals surface area contributed by atoms with E-state index in [1.165, 1.54) is 0 Å². The Morgan fingerprint density at radius 3 is 2.42 bits per heavy atom. The van der Waals surface area contributed by atoms with Crippen molar-refractivity contribution in [1.82, 2.24) is 4.90 Å². The zero-order chi connectivity index (χ0) is 16.9. The third-order valence-electron chi connectivity index (χ3n) is 4.12. The summed E-state index contributed by atoms with van der Waals surface area (Å²) < 4.78 is 0. The van der Waals surface area contributed by atoms with Crippen LogP contribution in [0.3, 0.4) is 0 Å². The van der Waals surface area contributed by atoms with E-state index >= 15 is 0 Å². The van der Waals surface area contributed by atoms with Gasteiger partial charge in [-0.2, -0.15) is 0 Å². The van der Waals surface area contributed by atoms with Crippen molar-refractivity contribution in [1.29, 1.82) is 0 Å². The molecule has 3 rings (SSSR count). The molecular formula is C19H19ClN2O2. The number of rotatable bonds is 5. The molecule has 0 unspecified atom stereocenters. The lowest BCUT2D eigenvalue weighted by Crippen LogP contribution is -2.43. The van der Waals surface area contributed by atoms with Gasteiger partial charge in [0.15, 0.2) is 0 Å². The van der Waals surface area contributed by atoms with E-state index < -0.39 is 0 Å². The Labute approximate surface area is 146 Å². The Kier molecular flexibility index (Phi) is 5.16. The summed E-state index contributed by atoms with van der Waals surface area (Å²) in [6, 6.07) is 16.7. The topological polar surface area (TPSA) is 40.6 Å². The summed E-state index contributed by atoms with van der Waals surface area (Å²) >= 11 is 5.90. The normalized spacial score (nSPS) is 14.0. The van der Waals surface area contributed by atoms with Crippen molar-refractivity contribution in [2.24, 2.45) is 0 Å². The molecule has 1 aliphatic rings. The van der Waals surface area contributed by atoms with Gasteiger partial charge < -0.3 is 4.90 Å². The maximum absolute atomic E-state index is 12.8. The molecule has 124 valence electrons. The zero-order valence-corrected chi connectivity index (χ0v) is 14.1. The number of hydrogen-bond donors (Lipinski definition) is 0. The lowest BCUT2D eigenvalue weighted by Gasteiger charge is -2.28. The number of amides is 2. The van der Waals surface area contributed by atoms with Crippen molar-refractivity contribution in [3.63, 3.8) is 0 Å². The Morgan fingerprint density at radius 2 is 1.79 bits per heavy atom. The first-order valence-corrected chi connectivity index (χ1v) is 8.39. The maximum atomic E-state index is 12.8. The van der Waals surface area contributed by atoms with Crippen LogP contribution in [0.15, 0.2) is 54.6 Å². The summed E-state index contributed by atoms with van der Waals surface area (Å²) in [5.74, 6) is 0.0680. The highest BCUT2D eigenvalue weighted by atomic mass is 35.5. The SMILES string of the molecule is O=C1CCCN1CN(C(=O)Cc1ccc(Cl)cc1)c1ccccc1. The van der Waals surface area contributed by atoms with Gasteiger partial charge in [0, 0.05) is 23.7 Å². The van der Waals surface area contributed by atoms with Crippen molar-refractivity contribution in [3.8, 4) is 0 Å². The molecule has 1 fully saturated rings. The average Bonchev–Trinajstić information content (AvgIpc) is 3.00. The van der Waals surface area contributed by atoms with Crippen LogP contribution in [0, 0.1) is 0 Å². The Hall–Kier alpha value is -2.33. The van der Waals surface area contributed by atoms with Crippen LogP contribution in [0.1, 0.15) is 18.4 Å². The van der Waals surface area contributed by atoms with E-state index in [1.807, 2.05) is 42.5 Å². The highest BCUT2D eigenvalue weighted by Gasteiger charge is 2.25. The van der Waals surface area contributed by atoms with E-state index in [1.54, 1.807) is 21.9 Å². The number of benzene rings is 2. The fourth-order valence-electron chi connectivity index (χ4n) is 2.81. The highest BCUT2D eigenvalue weighted by Crippen LogP contribution is 2.19. The second-order valence-electron chi connectivity index (χ2n) is 5.86. The number of hydrogen-bond acceptors (Lipinski definition) is 2. The first kappa shape index (κ1) is 16.5. The smallest absolute Gasteiger partial charge is 0.232 e. The van der Waals surface area contributed by atoms with Crippen LogP contribution in [0.25, 0.3) is 0 Å². The van der Waals surface area contributed by atoms with E-state index in [0.29, 0.717) is 24.7 Å². The predicted molar refractivity (Wildman–Crippen MR) is 94.9 cm³/mol. The summed E-state index contributed by atoms with van der Waals surface area (Å²) in [6.07, 6.45) is 1.69. The number of likely N-dealkylation sites (tertiary alicyclic amines) is 1. The minimum atomic E-state index is -0.0387. The van der Waals surface area contributed by atoms with Crippen LogP contribution in [0.2, 0.25) is 5.02 Å². The van der Waals surface area contributed by atoms with Crippen LogP contribution >= 0.6 is 11.6 Å². The first-order chi connectivity index (χ1) is 11.6. The number of anilines is 1. The van der Waals surface area contributed by atoms with Gasteiger partial charge in [-0.05, 0) is 36.2 Å². The molecule has 0 N–H and O–H groups in total. The van der Waals surface area contributed by atoms with E-state index in [4.69, 9.17) is 11.6 Å². The van der Waals surface area contributed by atoms with Crippen LogP contribution in [0.5, 0.6) is 0 Å². The van der Waals surface area contributed by atoms with Crippen LogP contribution < -0.4 is 4.90 Å². The fraction of sp³-hybridized carbons (Fsp3) is 0.263. The Balaban J connectivity index is 1.79. The van der Waals surface area contributed by atoms with Crippen LogP contribution in [-0.4, -0.2) is 29.9 Å². The second kappa shape index (κ2) is 7.49. The molecule has 4 nitrogen and oxygen atoms in total. The van der Waals surface area contributed by atoms with Gasteiger partial charge in [0.1, 0.15) is 6.67 Å². The highest BCUT2D eigenvalue weighted by molar-refractivity contribution is 6.30. The molecule has 2 aromatic carbocycles. The molecule has 0 spiro atoms. The van der Waals surface area contributed by atoms with E-state index in [2.05, 4.69) is 0 Å². The molecule has 0 saturated carbocycles. The molecule has 24 heavy (non-hydrogen) atoms. The average molecular weight is 343 g/mol. The maximum Gasteiger partial charge on any atom is 0.232 e. The fourth-order valence-corrected chi connectivity index (χ4v) is 2.93. The van der Waals surface area contributed by atoms with Gasteiger partial charge in [0.05, 0.1) is 6.42 Å². The Bertz CT molecular complexity index is 716. The molecule has 0 aliphatic carbocycles. The van der Waals surface area contributed by atoms with Crippen molar-refractivity contribution in [2.75, 3.05) is 18.1 Å². The molecule has 2 amide bonds. The largest absolute Gasteiger partial charge is 0.324 e. The van der Waals surface area contributed by atoms with Crippen molar-refractivity contribution < 1.29 is 9.59 Å². The van der Waals surface area contributed by atoms with E-state index in [0.717, 1.165) is 17.7 Å². The van der Waals surface area contributed by atoms with E-state index in [-0.39, 0.29) is 18.2 Å². The summed E-state index contributed by atoms with van der Waals surface area (Å²) in [7, 11) is 0. The number of carbonyl (C=O) groups excluding carboxylic acids is 2. The van der Waals surface area contributed by atoms with Crippen molar-refractivity contribution in [2.45, 2.75) is 19.3 Å². The van der Waals surface area contributed by atoms with E-state index in [9.17, 15) is 9.59 Å². The zero-order valence-electron chi connectivity index (χ0n) is 13.3. The number of carbonyl (C=O) groups is 2. The van der Waals surface area contributed by atoms with Gasteiger partial charge in [-0.25, -0.2) is 0 Å². The molecule has 0 radical (unpaired) electrons. The second-order valence-corrected chi connectivity index (χ2v) is 6.30. The molecule has 0 atom stereocenters. The van der Waals surface area contributed by atoms with Gasteiger partial charge in [-0.15, -0.1) is 0 Å². The molecule has 0 aromatic heterocycles. The minimum absolute atomic E-state index is 0.0387. The Morgan fingerprint density at radius 1 is 1.08 bits per heavy atom. The van der Waals surface area contributed by atoms with Gasteiger partial charge >= 0.3 is 0 Å². The third kappa shape index (κ3) is 3.95. The third-order valence-corrected chi connectivity index (χ3v) is 4.37. The monoisotopic (exact) mass is 342 g/mol. The number of halogens is 1. The van der Waals surface area contributed by atoms with Gasteiger partial charge in [0.2, 0.25) is 11.8 Å². The van der Waals surface area contributed by atoms with Crippen molar-refractivity contribution >= 4 is 29.1 Å². The molecule has 1 saturated heterocycles. The lowest BCUT2D eigenvalue weighted by atomic mass is 10.1. The predicted octanol–water partition coefficient (Wildman–Crippen LogP) is 3.50. The number of nitrogens with zero attached hydrogens (tertiary/aromatic N) is 2.